The quantitative estimate of drug-likeness (QED) is 0.852. The molecular formula is C12H23N5. The first-order valence-electron chi connectivity index (χ1n) is 6.75. The first-order chi connectivity index (χ1) is 8.24. The molecule has 17 heavy (non-hydrogen) atoms. The van der Waals surface area contributed by atoms with Crippen LogP contribution >= 0.6 is 0 Å². The molecule has 1 aromatic rings. The smallest absolute Gasteiger partial charge is 0.168 e. The first kappa shape index (κ1) is 12.5. The van der Waals surface area contributed by atoms with E-state index < -0.39 is 0 Å². The number of hydrogen-bond acceptors (Lipinski definition) is 4. The van der Waals surface area contributed by atoms with Gasteiger partial charge in [-0.2, -0.15) is 0 Å². The molecule has 0 bridgehead atoms. The van der Waals surface area contributed by atoms with Crippen molar-refractivity contribution in [1.29, 1.82) is 0 Å². The Hall–Kier alpha value is -0.970. The van der Waals surface area contributed by atoms with Gasteiger partial charge >= 0.3 is 0 Å². The lowest BCUT2D eigenvalue weighted by Crippen LogP contribution is -2.25. The molecule has 0 saturated heterocycles. The fourth-order valence-corrected chi connectivity index (χ4v) is 2.66. The summed E-state index contributed by atoms with van der Waals surface area (Å²) < 4.78 is 2.05. The SMILES string of the molecule is CCCNC(C)c1nnnn1C1CCCC1C. The Morgan fingerprint density at radius 2 is 2.29 bits per heavy atom. The van der Waals surface area contributed by atoms with E-state index in [1.54, 1.807) is 0 Å². The summed E-state index contributed by atoms with van der Waals surface area (Å²) in [6, 6.07) is 0.726. The summed E-state index contributed by atoms with van der Waals surface area (Å²) in [5, 5.41) is 15.7. The standard InChI is InChI=1S/C12H23N5/c1-4-8-13-10(3)12-14-15-16-17(12)11-7-5-6-9(11)2/h9-11,13H,4-8H2,1-3H3. The third kappa shape index (κ3) is 2.65. The van der Waals surface area contributed by atoms with E-state index in [9.17, 15) is 0 Å². The van der Waals surface area contributed by atoms with E-state index in [1.165, 1.54) is 19.3 Å². The molecule has 0 radical (unpaired) electrons. The lowest BCUT2D eigenvalue weighted by molar-refractivity contribution is 0.344. The van der Waals surface area contributed by atoms with Crippen LogP contribution in [-0.2, 0) is 0 Å². The Labute approximate surface area is 103 Å². The number of tetrazole rings is 1. The maximum Gasteiger partial charge on any atom is 0.168 e. The van der Waals surface area contributed by atoms with Gasteiger partial charge in [-0.3, -0.25) is 0 Å². The molecule has 1 heterocycles. The van der Waals surface area contributed by atoms with Crippen molar-refractivity contribution in [3.05, 3.63) is 5.82 Å². The first-order valence-corrected chi connectivity index (χ1v) is 6.75. The zero-order valence-electron chi connectivity index (χ0n) is 11.1. The topological polar surface area (TPSA) is 55.6 Å². The van der Waals surface area contributed by atoms with Crippen LogP contribution in [-0.4, -0.2) is 26.8 Å². The van der Waals surface area contributed by atoms with Crippen molar-refractivity contribution in [1.82, 2.24) is 25.5 Å². The van der Waals surface area contributed by atoms with Crippen LogP contribution in [0.15, 0.2) is 0 Å². The Morgan fingerprint density at radius 3 is 2.94 bits per heavy atom. The largest absolute Gasteiger partial charge is 0.307 e. The molecule has 5 heteroatoms. The minimum absolute atomic E-state index is 0.234. The van der Waals surface area contributed by atoms with Crippen molar-refractivity contribution in [2.45, 2.75) is 58.5 Å². The van der Waals surface area contributed by atoms with E-state index >= 15 is 0 Å². The van der Waals surface area contributed by atoms with Gasteiger partial charge in [-0.1, -0.05) is 20.3 Å². The van der Waals surface area contributed by atoms with Crippen LogP contribution in [0.2, 0.25) is 0 Å². The van der Waals surface area contributed by atoms with Crippen molar-refractivity contribution in [2.75, 3.05) is 6.54 Å². The maximum atomic E-state index is 4.19. The molecule has 5 nitrogen and oxygen atoms in total. The molecular weight excluding hydrogens is 214 g/mol. The fourth-order valence-electron chi connectivity index (χ4n) is 2.66. The molecule has 2 rings (SSSR count). The minimum atomic E-state index is 0.234. The number of nitrogens with zero attached hydrogens (tertiary/aromatic N) is 4. The van der Waals surface area contributed by atoms with Gasteiger partial charge < -0.3 is 5.32 Å². The summed E-state index contributed by atoms with van der Waals surface area (Å²) in [6.07, 6.45) is 4.92. The fraction of sp³-hybridized carbons (Fsp3) is 0.917. The molecule has 1 N–H and O–H groups in total. The highest BCUT2D eigenvalue weighted by Crippen LogP contribution is 2.35. The summed E-state index contributed by atoms with van der Waals surface area (Å²) in [6.45, 7) is 7.61. The van der Waals surface area contributed by atoms with E-state index in [-0.39, 0.29) is 6.04 Å². The maximum absolute atomic E-state index is 4.19. The average Bonchev–Trinajstić information content (AvgIpc) is 2.93. The summed E-state index contributed by atoms with van der Waals surface area (Å²) in [5.74, 6) is 1.67. The van der Waals surface area contributed by atoms with Gasteiger partial charge in [-0.05, 0) is 49.1 Å². The Morgan fingerprint density at radius 1 is 1.47 bits per heavy atom. The molecule has 96 valence electrons. The monoisotopic (exact) mass is 237 g/mol. The second kappa shape index (κ2) is 5.58. The van der Waals surface area contributed by atoms with Crippen LogP contribution < -0.4 is 5.32 Å². The Kier molecular flexibility index (Phi) is 4.10. The van der Waals surface area contributed by atoms with Crippen LogP contribution in [0.25, 0.3) is 0 Å². The van der Waals surface area contributed by atoms with Crippen molar-refractivity contribution >= 4 is 0 Å². The Balaban J connectivity index is 2.10. The lowest BCUT2D eigenvalue weighted by Gasteiger charge is -2.19. The molecule has 1 aliphatic carbocycles. The molecule has 1 fully saturated rings. The molecule has 3 unspecified atom stereocenters. The highest BCUT2D eigenvalue weighted by molar-refractivity contribution is 4.94. The molecule has 0 aromatic carbocycles. The van der Waals surface area contributed by atoms with Crippen molar-refractivity contribution in [3.63, 3.8) is 0 Å². The van der Waals surface area contributed by atoms with Gasteiger partial charge in [0, 0.05) is 0 Å². The number of nitrogens with one attached hydrogen (secondary N) is 1. The molecule has 3 atom stereocenters. The zero-order chi connectivity index (χ0) is 12.3. The number of rotatable bonds is 5. The summed E-state index contributed by atoms with van der Waals surface area (Å²) in [4.78, 5) is 0. The van der Waals surface area contributed by atoms with Gasteiger partial charge in [-0.25, -0.2) is 4.68 Å². The number of hydrogen-bond donors (Lipinski definition) is 1. The van der Waals surface area contributed by atoms with Gasteiger partial charge in [0.1, 0.15) is 0 Å². The molecule has 1 saturated carbocycles. The summed E-state index contributed by atoms with van der Waals surface area (Å²) in [5.41, 5.74) is 0. The minimum Gasteiger partial charge on any atom is -0.307 e. The van der Waals surface area contributed by atoms with Gasteiger partial charge in [0.05, 0.1) is 12.1 Å². The van der Waals surface area contributed by atoms with E-state index in [0.29, 0.717) is 12.0 Å². The highest BCUT2D eigenvalue weighted by Gasteiger charge is 2.29. The highest BCUT2D eigenvalue weighted by atomic mass is 15.6. The molecule has 0 aliphatic heterocycles. The lowest BCUT2D eigenvalue weighted by atomic mass is 10.1. The van der Waals surface area contributed by atoms with Crippen LogP contribution in [0.4, 0.5) is 0 Å². The van der Waals surface area contributed by atoms with Gasteiger partial charge in [0.25, 0.3) is 0 Å². The van der Waals surface area contributed by atoms with Crippen LogP contribution in [0, 0.1) is 5.92 Å². The van der Waals surface area contributed by atoms with Crippen LogP contribution in [0.1, 0.15) is 64.4 Å². The predicted octanol–water partition coefficient (Wildman–Crippen LogP) is 2.09. The summed E-state index contributed by atoms with van der Waals surface area (Å²) in [7, 11) is 0. The van der Waals surface area contributed by atoms with E-state index in [1.807, 2.05) is 4.68 Å². The normalized spacial score (nSPS) is 26.3. The van der Waals surface area contributed by atoms with Crippen molar-refractivity contribution in [3.8, 4) is 0 Å². The van der Waals surface area contributed by atoms with Crippen LogP contribution in [0.5, 0.6) is 0 Å². The molecule has 0 amide bonds. The number of aromatic nitrogens is 4. The third-order valence-corrected chi connectivity index (χ3v) is 3.74. The van der Waals surface area contributed by atoms with E-state index in [0.717, 1.165) is 18.8 Å². The predicted molar refractivity (Wildman–Crippen MR) is 66.6 cm³/mol. The summed E-state index contributed by atoms with van der Waals surface area (Å²) >= 11 is 0. The molecule has 1 aliphatic rings. The van der Waals surface area contributed by atoms with Crippen molar-refractivity contribution < 1.29 is 0 Å². The molecule has 1 aromatic heterocycles. The third-order valence-electron chi connectivity index (χ3n) is 3.74. The van der Waals surface area contributed by atoms with E-state index in [2.05, 4.69) is 41.6 Å². The Bertz CT molecular complexity index is 348. The zero-order valence-corrected chi connectivity index (χ0v) is 11.1. The van der Waals surface area contributed by atoms with Crippen molar-refractivity contribution in [2.24, 2.45) is 5.92 Å². The van der Waals surface area contributed by atoms with Gasteiger partial charge in [-0.15, -0.1) is 5.10 Å². The average molecular weight is 237 g/mol. The van der Waals surface area contributed by atoms with Gasteiger partial charge in [0.2, 0.25) is 0 Å². The molecule has 0 spiro atoms. The second-order valence-electron chi connectivity index (χ2n) is 5.13. The van der Waals surface area contributed by atoms with E-state index in [4.69, 9.17) is 0 Å². The van der Waals surface area contributed by atoms with Crippen LogP contribution in [0.3, 0.4) is 0 Å². The van der Waals surface area contributed by atoms with Gasteiger partial charge in [0.15, 0.2) is 5.82 Å². The second-order valence-corrected chi connectivity index (χ2v) is 5.13.